The van der Waals surface area contributed by atoms with E-state index in [9.17, 15) is 4.79 Å². The van der Waals surface area contributed by atoms with Gasteiger partial charge in [-0.05, 0) is 50.3 Å². The van der Waals surface area contributed by atoms with E-state index < -0.39 is 0 Å². The molecule has 3 aromatic rings. The molecule has 1 fully saturated rings. The second-order valence-electron chi connectivity index (χ2n) is 7.07. The number of nitrogens with zero attached hydrogens (tertiary/aromatic N) is 5. The van der Waals surface area contributed by atoms with Gasteiger partial charge in [0.2, 0.25) is 5.91 Å². The third-order valence-corrected chi connectivity index (χ3v) is 5.99. The fourth-order valence-electron chi connectivity index (χ4n) is 3.62. The second-order valence-corrected chi connectivity index (χ2v) is 7.92. The quantitative estimate of drug-likeness (QED) is 0.651. The zero-order valence-electron chi connectivity index (χ0n) is 16.6. The minimum Gasteiger partial charge on any atom is -0.354 e. The topological polar surface area (TPSA) is 75.9 Å². The van der Waals surface area contributed by atoms with Crippen molar-refractivity contribution in [1.29, 1.82) is 0 Å². The third-order valence-electron chi connectivity index (χ3n) is 5.19. The molecule has 1 aromatic carbocycles. The number of carbonyl (C=O) groups excluding carboxylic acids is 1. The summed E-state index contributed by atoms with van der Waals surface area (Å²) in [6.45, 7) is 3.45. The van der Waals surface area contributed by atoms with Crippen LogP contribution in [0.15, 0.2) is 53.7 Å². The van der Waals surface area contributed by atoms with Crippen molar-refractivity contribution in [2.75, 3.05) is 29.6 Å². The summed E-state index contributed by atoms with van der Waals surface area (Å²) < 4.78 is 1.90. The van der Waals surface area contributed by atoms with Crippen LogP contribution in [0.5, 0.6) is 0 Å². The molecule has 3 heterocycles. The number of hydrogen-bond donors (Lipinski definition) is 1. The summed E-state index contributed by atoms with van der Waals surface area (Å²) in [4.78, 5) is 20.3. The molecule has 1 N–H and O–H groups in total. The number of aryl methyl sites for hydroxylation is 1. The molecule has 7 nitrogen and oxygen atoms in total. The van der Waals surface area contributed by atoms with Crippen molar-refractivity contribution in [2.24, 2.45) is 5.92 Å². The van der Waals surface area contributed by atoms with Crippen LogP contribution in [0.25, 0.3) is 5.82 Å². The van der Waals surface area contributed by atoms with Gasteiger partial charge in [-0.2, -0.15) is 0 Å². The molecule has 4 rings (SSSR count). The predicted octanol–water partition coefficient (Wildman–Crippen LogP) is 3.55. The maximum absolute atomic E-state index is 12.9. The van der Waals surface area contributed by atoms with E-state index in [0.717, 1.165) is 47.4 Å². The summed E-state index contributed by atoms with van der Waals surface area (Å²) in [5.74, 6) is 2.40. The molecule has 8 heteroatoms. The molecular weight excluding hydrogens is 384 g/mol. The Kier molecular flexibility index (Phi) is 5.80. The number of benzene rings is 1. The number of imidazole rings is 1. The zero-order valence-corrected chi connectivity index (χ0v) is 17.4. The minimum atomic E-state index is -0.0731. The Labute approximate surface area is 174 Å². The first-order chi connectivity index (χ1) is 14.2. The highest BCUT2D eigenvalue weighted by atomic mass is 32.2. The third kappa shape index (κ3) is 4.27. The molecule has 1 atom stereocenters. The lowest BCUT2D eigenvalue weighted by Gasteiger charge is -2.32. The number of anilines is 2. The zero-order chi connectivity index (χ0) is 20.2. The number of carbonyl (C=O) groups is 1. The molecule has 0 spiro atoms. The average molecular weight is 409 g/mol. The van der Waals surface area contributed by atoms with Crippen molar-refractivity contribution in [1.82, 2.24) is 19.7 Å². The van der Waals surface area contributed by atoms with Crippen LogP contribution in [0.3, 0.4) is 0 Å². The van der Waals surface area contributed by atoms with Crippen LogP contribution >= 0.6 is 11.8 Å². The Bertz CT molecular complexity index is 987. The Morgan fingerprint density at radius 2 is 1.97 bits per heavy atom. The van der Waals surface area contributed by atoms with E-state index in [-0.39, 0.29) is 11.8 Å². The van der Waals surface area contributed by atoms with Gasteiger partial charge in [0, 0.05) is 30.4 Å². The molecule has 0 aliphatic carbocycles. The first kappa shape index (κ1) is 19.4. The largest absolute Gasteiger partial charge is 0.354 e. The van der Waals surface area contributed by atoms with Gasteiger partial charge >= 0.3 is 0 Å². The van der Waals surface area contributed by atoms with Crippen LogP contribution in [0.1, 0.15) is 18.7 Å². The van der Waals surface area contributed by atoms with Crippen molar-refractivity contribution in [3.05, 3.63) is 54.6 Å². The summed E-state index contributed by atoms with van der Waals surface area (Å²) in [6, 6.07) is 11.8. The Morgan fingerprint density at radius 1 is 1.17 bits per heavy atom. The lowest BCUT2D eigenvalue weighted by molar-refractivity contribution is -0.120. The van der Waals surface area contributed by atoms with Crippen LogP contribution in [-0.2, 0) is 4.79 Å². The summed E-state index contributed by atoms with van der Waals surface area (Å²) >= 11 is 1.63. The average Bonchev–Trinajstić information content (AvgIpc) is 3.20. The molecule has 29 heavy (non-hydrogen) atoms. The highest BCUT2D eigenvalue weighted by Gasteiger charge is 2.27. The standard InChI is InChI=1S/C21H24N6OS/c1-15-22-11-13-27(15)20-10-9-19(24-25-20)26-12-5-6-16(14-26)21(28)23-17-7-3-4-8-18(17)29-2/h3-4,7-11,13,16H,5-6,12,14H2,1-2H3,(H,23,28). The van der Waals surface area contributed by atoms with Crippen LogP contribution < -0.4 is 10.2 Å². The number of aromatic nitrogens is 4. The predicted molar refractivity (Wildman–Crippen MR) is 116 cm³/mol. The monoisotopic (exact) mass is 408 g/mol. The van der Waals surface area contributed by atoms with E-state index in [4.69, 9.17) is 0 Å². The molecule has 0 radical (unpaired) electrons. The Morgan fingerprint density at radius 3 is 2.69 bits per heavy atom. The molecule has 1 saturated heterocycles. The number of para-hydroxylation sites is 1. The van der Waals surface area contributed by atoms with Crippen LogP contribution in [-0.4, -0.2) is 45.0 Å². The van der Waals surface area contributed by atoms with Crippen molar-refractivity contribution in [3.8, 4) is 5.82 Å². The summed E-state index contributed by atoms with van der Waals surface area (Å²) in [6.07, 6.45) is 7.46. The molecule has 1 unspecified atom stereocenters. The Balaban J connectivity index is 1.44. The fourth-order valence-corrected chi connectivity index (χ4v) is 4.17. The van der Waals surface area contributed by atoms with Gasteiger partial charge in [0.15, 0.2) is 11.6 Å². The summed E-state index contributed by atoms with van der Waals surface area (Å²) in [5.41, 5.74) is 0.877. The number of nitrogens with one attached hydrogen (secondary N) is 1. The number of thioether (sulfide) groups is 1. The van der Waals surface area contributed by atoms with Crippen molar-refractivity contribution in [3.63, 3.8) is 0 Å². The minimum absolute atomic E-state index is 0.0646. The van der Waals surface area contributed by atoms with Gasteiger partial charge < -0.3 is 10.2 Å². The number of rotatable bonds is 5. The van der Waals surface area contributed by atoms with Gasteiger partial charge in [0.05, 0.1) is 11.6 Å². The SMILES string of the molecule is CSc1ccccc1NC(=O)C1CCCN(c2ccc(-n3ccnc3C)nn2)C1. The number of amides is 1. The molecule has 150 valence electrons. The highest BCUT2D eigenvalue weighted by Crippen LogP contribution is 2.27. The van der Waals surface area contributed by atoms with Gasteiger partial charge in [0.25, 0.3) is 0 Å². The molecule has 0 saturated carbocycles. The van der Waals surface area contributed by atoms with E-state index in [2.05, 4.69) is 25.4 Å². The number of piperidine rings is 1. The van der Waals surface area contributed by atoms with Gasteiger partial charge in [-0.3, -0.25) is 9.36 Å². The van der Waals surface area contributed by atoms with E-state index in [1.807, 2.05) is 60.3 Å². The van der Waals surface area contributed by atoms with Crippen molar-refractivity contribution >= 4 is 29.2 Å². The van der Waals surface area contributed by atoms with E-state index in [1.54, 1.807) is 18.0 Å². The first-order valence-corrected chi connectivity index (χ1v) is 10.9. The maximum atomic E-state index is 12.9. The van der Waals surface area contributed by atoms with Gasteiger partial charge in [-0.1, -0.05) is 12.1 Å². The normalized spacial score (nSPS) is 16.6. The molecule has 2 aromatic heterocycles. The maximum Gasteiger partial charge on any atom is 0.229 e. The van der Waals surface area contributed by atoms with Gasteiger partial charge in [-0.25, -0.2) is 4.98 Å². The lowest BCUT2D eigenvalue weighted by Crippen LogP contribution is -2.41. The van der Waals surface area contributed by atoms with Crippen molar-refractivity contribution < 1.29 is 4.79 Å². The molecule has 1 aliphatic heterocycles. The lowest BCUT2D eigenvalue weighted by atomic mass is 9.97. The molecule has 1 aliphatic rings. The fraction of sp³-hybridized carbons (Fsp3) is 0.333. The smallest absolute Gasteiger partial charge is 0.229 e. The van der Waals surface area contributed by atoms with Crippen LogP contribution in [0, 0.1) is 12.8 Å². The summed E-state index contributed by atoms with van der Waals surface area (Å²) in [7, 11) is 0. The first-order valence-electron chi connectivity index (χ1n) is 9.68. The van der Waals surface area contributed by atoms with E-state index in [0.29, 0.717) is 6.54 Å². The summed E-state index contributed by atoms with van der Waals surface area (Å²) in [5, 5.41) is 11.8. The van der Waals surface area contributed by atoms with E-state index in [1.165, 1.54) is 0 Å². The van der Waals surface area contributed by atoms with E-state index >= 15 is 0 Å². The van der Waals surface area contributed by atoms with Crippen LogP contribution in [0.4, 0.5) is 11.5 Å². The second kappa shape index (κ2) is 8.65. The molecule has 1 amide bonds. The molecular formula is C21H24N6OS. The van der Waals surface area contributed by atoms with Gasteiger partial charge in [-0.15, -0.1) is 22.0 Å². The molecule has 0 bridgehead atoms. The Hall–Kier alpha value is -2.87. The highest BCUT2D eigenvalue weighted by molar-refractivity contribution is 7.98. The number of hydrogen-bond acceptors (Lipinski definition) is 6. The van der Waals surface area contributed by atoms with Crippen LogP contribution in [0.2, 0.25) is 0 Å². The van der Waals surface area contributed by atoms with Gasteiger partial charge in [0.1, 0.15) is 5.82 Å². The van der Waals surface area contributed by atoms with Crippen molar-refractivity contribution in [2.45, 2.75) is 24.7 Å².